The van der Waals surface area contributed by atoms with E-state index in [1.807, 2.05) is 54.6 Å². The second-order valence-corrected chi connectivity index (χ2v) is 4.60. The number of hydrogen-bond donors (Lipinski definition) is 1. The Morgan fingerprint density at radius 1 is 1.05 bits per heavy atom. The topological polar surface area (TPSA) is 45.0 Å². The molecule has 0 radical (unpaired) electrons. The summed E-state index contributed by atoms with van der Waals surface area (Å²) in [5, 5.41) is 12.8. The predicted octanol–water partition coefficient (Wildman–Crippen LogP) is 3.61. The van der Waals surface area contributed by atoms with Gasteiger partial charge in [-0.3, -0.25) is 5.32 Å². The molecule has 0 saturated carbocycles. The molecule has 0 spiro atoms. The first-order chi connectivity index (χ1) is 9.76. The number of ether oxygens (including phenoxy) is 1. The van der Waals surface area contributed by atoms with Gasteiger partial charge in [0.25, 0.3) is 0 Å². The molecular weight excluding hydrogens is 248 g/mol. The van der Waals surface area contributed by atoms with E-state index in [2.05, 4.69) is 18.3 Å². The zero-order valence-corrected chi connectivity index (χ0v) is 11.7. The van der Waals surface area contributed by atoms with Crippen LogP contribution >= 0.6 is 0 Å². The third-order valence-electron chi connectivity index (χ3n) is 3.30. The molecule has 0 fully saturated rings. The Balaban J connectivity index is 2.20. The van der Waals surface area contributed by atoms with Crippen molar-refractivity contribution in [2.45, 2.75) is 19.0 Å². The molecule has 2 atom stereocenters. The Morgan fingerprint density at radius 2 is 1.70 bits per heavy atom. The molecule has 2 rings (SSSR count). The molecule has 0 aromatic heterocycles. The quantitative estimate of drug-likeness (QED) is 0.899. The van der Waals surface area contributed by atoms with E-state index in [0.29, 0.717) is 0 Å². The number of methoxy groups -OCH3 is 1. The van der Waals surface area contributed by atoms with E-state index >= 15 is 0 Å². The summed E-state index contributed by atoms with van der Waals surface area (Å²) >= 11 is 0. The fraction of sp³-hybridized carbons (Fsp3) is 0.235. The molecular formula is C17H18N2O. The van der Waals surface area contributed by atoms with Crippen LogP contribution < -0.4 is 10.1 Å². The van der Waals surface area contributed by atoms with Gasteiger partial charge in [0.05, 0.1) is 13.2 Å². The standard InChI is InChI=1S/C17H18N2O/c1-13(14-8-4-3-5-9-14)19-16(12-18)15-10-6-7-11-17(15)20-2/h3-11,13,16,19H,1-2H3/t13-,16+/m0/s1. The van der Waals surface area contributed by atoms with E-state index < -0.39 is 6.04 Å². The number of nitrogens with one attached hydrogen (secondary N) is 1. The molecule has 0 saturated heterocycles. The molecule has 1 N–H and O–H groups in total. The Hall–Kier alpha value is -2.31. The summed E-state index contributed by atoms with van der Waals surface area (Å²) in [4.78, 5) is 0. The molecule has 0 aliphatic heterocycles. The molecule has 2 aromatic carbocycles. The third kappa shape index (κ3) is 3.17. The number of para-hydroxylation sites is 1. The number of benzene rings is 2. The normalized spacial score (nSPS) is 13.2. The molecule has 20 heavy (non-hydrogen) atoms. The van der Waals surface area contributed by atoms with Crippen molar-refractivity contribution in [3.05, 3.63) is 65.7 Å². The Labute approximate surface area is 119 Å². The number of rotatable bonds is 5. The van der Waals surface area contributed by atoms with E-state index in [9.17, 15) is 5.26 Å². The Kier molecular flexibility index (Phi) is 4.75. The first-order valence-electron chi connectivity index (χ1n) is 6.59. The second kappa shape index (κ2) is 6.74. The van der Waals surface area contributed by atoms with Crippen LogP contribution in [0.4, 0.5) is 0 Å². The third-order valence-corrected chi connectivity index (χ3v) is 3.30. The molecule has 102 valence electrons. The summed E-state index contributed by atoms with van der Waals surface area (Å²) in [5.41, 5.74) is 2.02. The van der Waals surface area contributed by atoms with Gasteiger partial charge in [0.15, 0.2) is 0 Å². The van der Waals surface area contributed by atoms with Crippen LogP contribution in [0.25, 0.3) is 0 Å². The summed E-state index contributed by atoms with van der Waals surface area (Å²) in [6.07, 6.45) is 0. The highest BCUT2D eigenvalue weighted by Crippen LogP contribution is 2.26. The zero-order valence-electron chi connectivity index (χ0n) is 11.7. The van der Waals surface area contributed by atoms with Crippen molar-refractivity contribution in [2.75, 3.05) is 7.11 Å². The van der Waals surface area contributed by atoms with Crippen LogP contribution in [0.2, 0.25) is 0 Å². The van der Waals surface area contributed by atoms with Gasteiger partial charge in [-0.25, -0.2) is 0 Å². The van der Waals surface area contributed by atoms with E-state index in [4.69, 9.17) is 4.74 Å². The highest BCUT2D eigenvalue weighted by atomic mass is 16.5. The average Bonchev–Trinajstić information content (AvgIpc) is 2.53. The predicted molar refractivity (Wildman–Crippen MR) is 79.3 cm³/mol. The van der Waals surface area contributed by atoms with Gasteiger partial charge in [-0.2, -0.15) is 5.26 Å². The van der Waals surface area contributed by atoms with Crippen LogP contribution in [0.5, 0.6) is 5.75 Å². The first kappa shape index (κ1) is 14.1. The monoisotopic (exact) mass is 266 g/mol. The van der Waals surface area contributed by atoms with Crippen LogP contribution in [0, 0.1) is 11.3 Å². The van der Waals surface area contributed by atoms with Gasteiger partial charge in [0.2, 0.25) is 0 Å². The van der Waals surface area contributed by atoms with Crippen molar-refractivity contribution >= 4 is 0 Å². The molecule has 0 unspecified atom stereocenters. The van der Waals surface area contributed by atoms with Crippen LogP contribution in [-0.2, 0) is 0 Å². The minimum absolute atomic E-state index is 0.0887. The maximum absolute atomic E-state index is 9.43. The zero-order chi connectivity index (χ0) is 14.4. The molecule has 0 bridgehead atoms. The van der Waals surface area contributed by atoms with E-state index in [0.717, 1.165) is 16.9 Å². The molecule has 3 nitrogen and oxygen atoms in total. The molecule has 0 aliphatic rings. The lowest BCUT2D eigenvalue weighted by Gasteiger charge is -2.20. The Morgan fingerprint density at radius 3 is 2.35 bits per heavy atom. The van der Waals surface area contributed by atoms with Crippen LogP contribution in [0.1, 0.15) is 30.1 Å². The van der Waals surface area contributed by atoms with Gasteiger partial charge in [-0.1, -0.05) is 48.5 Å². The lowest BCUT2D eigenvalue weighted by atomic mass is 10.0. The maximum Gasteiger partial charge on any atom is 0.125 e. The number of nitriles is 1. The largest absolute Gasteiger partial charge is 0.496 e. The maximum atomic E-state index is 9.43. The number of nitrogens with zero attached hydrogens (tertiary/aromatic N) is 1. The van der Waals surface area contributed by atoms with Crippen molar-refractivity contribution < 1.29 is 4.74 Å². The Bertz CT molecular complexity index is 589. The first-order valence-corrected chi connectivity index (χ1v) is 6.59. The summed E-state index contributed by atoms with van der Waals surface area (Å²) in [5.74, 6) is 0.729. The van der Waals surface area contributed by atoms with Gasteiger partial charge in [0, 0.05) is 11.6 Å². The lowest BCUT2D eigenvalue weighted by Crippen LogP contribution is -2.24. The molecule has 2 aromatic rings. The van der Waals surface area contributed by atoms with Gasteiger partial charge >= 0.3 is 0 Å². The van der Waals surface area contributed by atoms with E-state index in [-0.39, 0.29) is 6.04 Å². The molecule has 0 amide bonds. The van der Waals surface area contributed by atoms with Gasteiger partial charge < -0.3 is 4.74 Å². The molecule has 0 heterocycles. The van der Waals surface area contributed by atoms with Crippen molar-refractivity contribution in [1.82, 2.24) is 5.32 Å². The number of hydrogen-bond acceptors (Lipinski definition) is 3. The van der Waals surface area contributed by atoms with Crippen LogP contribution in [0.3, 0.4) is 0 Å². The average molecular weight is 266 g/mol. The highest BCUT2D eigenvalue weighted by molar-refractivity contribution is 5.38. The lowest BCUT2D eigenvalue weighted by molar-refractivity contribution is 0.402. The highest BCUT2D eigenvalue weighted by Gasteiger charge is 2.17. The minimum atomic E-state index is -0.402. The van der Waals surface area contributed by atoms with Gasteiger partial charge in [-0.15, -0.1) is 0 Å². The summed E-state index contributed by atoms with van der Waals surface area (Å²) in [7, 11) is 1.62. The smallest absolute Gasteiger partial charge is 0.125 e. The summed E-state index contributed by atoms with van der Waals surface area (Å²) in [6, 6.07) is 19.7. The van der Waals surface area contributed by atoms with Crippen LogP contribution in [-0.4, -0.2) is 7.11 Å². The van der Waals surface area contributed by atoms with Crippen molar-refractivity contribution in [1.29, 1.82) is 5.26 Å². The molecule has 0 aliphatic carbocycles. The SMILES string of the molecule is COc1ccccc1[C@@H](C#N)N[C@@H](C)c1ccccc1. The van der Waals surface area contributed by atoms with Crippen molar-refractivity contribution in [2.24, 2.45) is 0 Å². The van der Waals surface area contributed by atoms with Crippen LogP contribution in [0.15, 0.2) is 54.6 Å². The van der Waals surface area contributed by atoms with Gasteiger partial charge in [-0.05, 0) is 18.6 Å². The second-order valence-electron chi connectivity index (χ2n) is 4.60. The van der Waals surface area contributed by atoms with Crippen molar-refractivity contribution in [3.63, 3.8) is 0 Å². The van der Waals surface area contributed by atoms with Gasteiger partial charge in [0.1, 0.15) is 11.8 Å². The fourth-order valence-electron chi connectivity index (χ4n) is 2.19. The summed E-state index contributed by atoms with van der Waals surface area (Å²) in [6.45, 7) is 2.05. The van der Waals surface area contributed by atoms with E-state index in [1.54, 1.807) is 7.11 Å². The fourth-order valence-corrected chi connectivity index (χ4v) is 2.19. The molecule has 3 heteroatoms. The summed E-state index contributed by atoms with van der Waals surface area (Å²) < 4.78 is 5.32. The van der Waals surface area contributed by atoms with E-state index in [1.165, 1.54) is 0 Å². The minimum Gasteiger partial charge on any atom is -0.496 e. The van der Waals surface area contributed by atoms with Crippen molar-refractivity contribution in [3.8, 4) is 11.8 Å².